The third kappa shape index (κ3) is 3.87. The average molecular weight is 363 g/mol. The van der Waals surface area contributed by atoms with Gasteiger partial charge in [-0.1, -0.05) is 29.8 Å². The number of aromatic hydroxyl groups is 2. The zero-order valence-electron chi connectivity index (χ0n) is 13.7. The van der Waals surface area contributed by atoms with Gasteiger partial charge in [-0.3, -0.25) is 4.79 Å². The van der Waals surface area contributed by atoms with Crippen LogP contribution in [-0.2, 0) is 16.0 Å². The van der Waals surface area contributed by atoms with Crippen molar-refractivity contribution in [1.82, 2.24) is 0 Å². The first-order chi connectivity index (χ1) is 11.9. The van der Waals surface area contributed by atoms with Gasteiger partial charge in [0.2, 0.25) is 0 Å². The van der Waals surface area contributed by atoms with Crippen molar-refractivity contribution in [3.63, 3.8) is 0 Å². The van der Waals surface area contributed by atoms with E-state index < -0.39 is 17.5 Å². The minimum absolute atomic E-state index is 0.0661. The standard InChI is InChI=1S/C19H19ClO5/c1-10-6-12-7-11(12)4-2-3-5-13(21)8-14-17(19(24)25-10)15(22)9-16(23)18(14)20/h2-5,9-12,22-23H,6-8H2,1H3. The highest BCUT2D eigenvalue weighted by molar-refractivity contribution is 6.33. The smallest absolute Gasteiger partial charge is 0.342 e. The van der Waals surface area contributed by atoms with Gasteiger partial charge in [0.15, 0.2) is 5.78 Å². The molecule has 1 aromatic carbocycles. The minimum atomic E-state index is -0.747. The number of carbonyl (C=O) groups is 2. The molecule has 2 aliphatic rings. The van der Waals surface area contributed by atoms with Crippen LogP contribution in [0.3, 0.4) is 0 Å². The Labute approximate surface area is 150 Å². The maximum absolute atomic E-state index is 12.5. The van der Waals surface area contributed by atoms with Crippen LogP contribution in [0.2, 0.25) is 5.02 Å². The van der Waals surface area contributed by atoms with E-state index in [2.05, 4.69) is 0 Å². The Morgan fingerprint density at radius 1 is 1.16 bits per heavy atom. The fourth-order valence-corrected chi connectivity index (χ4v) is 3.39. The van der Waals surface area contributed by atoms with Crippen molar-refractivity contribution >= 4 is 23.4 Å². The second-order valence-corrected chi connectivity index (χ2v) is 6.96. The highest BCUT2D eigenvalue weighted by Crippen LogP contribution is 2.44. The molecule has 1 aromatic rings. The second-order valence-electron chi connectivity index (χ2n) is 6.58. The van der Waals surface area contributed by atoms with E-state index in [1.54, 1.807) is 13.0 Å². The molecule has 0 spiro atoms. The number of benzene rings is 1. The molecular weight excluding hydrogens is 344 g/mol. The number of esters is 1. The van der Waals surface area contributed by atoms with Crippen LogP contribution in [0.15, 0.2) is 30.4 Å². The van der Waals surface area contributed by atoms with E-state index in [-0.39, 0.29) is 34.5 Å². The van der Waals surface area contributed by atoms with Gasteiger partial charge in [-0.15, -0.1) is 0 Å². The molecular formula is C19H19ClO5. The van der Waals surface area contributed by atoms with Crippen molar-refractivity contribution in [3.8, 4) is 11.5 Å². The van der Waals surface area contributed by atoms with Gasteiger partial charge in [0.1, 0.15) is 17.1 Å². The number of ether oxygens (including phenoxy) is 1. The lowest BCUT2D eigenvalue weighted by molar-refractivity contribution is -0.114. The molecule has 25 heavy (non-hydrogen) atoms. The second kappa shape index (κ2) is 6.92. The molecule has 3 rings (SSSR count). The van der Waals surface area contributed by atoms with Gasteiger partial charge in [-0.25, -0.2) is 4.79 Å². The molecule has 132 valence electrons. The average Bonchev–Trinajstić information content (AvgIpc) is 3.25. The number of hydrogen-bond acceptors (Lipinski definition) is 5. The van der Waals surface area contributed by atoms with Crippen LogP contribution in [0, 0.1) is 11.8 Å². The number of cyclic esters (lactones) is 1. The first kappa shape index (κ1) is 17.5. The molecule has 1 aliphatic carbocycles. The molecule has 0 aromatic heterocycles. The molecule has 3 unspecified atom stereocenters. The molecule has 1 aliphatic heterocycles. The predicted octanol–water partition coefficient (Wildman–Crippen LogP) is 3.56. The van der Waals surface area contributed by atoms with Crippen LogP contribution < -0.4 is 0 Å². The number of ketones is 1. The van der Waals surface area contributed by atoms with Gasteiger partial charge in [-0.05, 0) is 37.7 Å². The summed E-state index contributed by atoms with van der Waals surface area (Å²) in [5.41, 5.74) is -0.104. The minimum Gasteiger partial charge on any atom is -0.507 e. The van der Waals surface area contributed by atoms with Gasteiger partial charge in [0.05, 0.1) is 11.1 Å². The Kier molecular flexibility index (Phi) is 4.86. The van der Waals surface area contributed by atoms with Crippen molar-refractivity contribution in [2.45, 2.75) is 32.3 Å². The molecule has 0 saturated heterocycles. The molecule has 1 saturated carbocycles. The number of fused-ring (bicyclic) bond motifs is 2. The number of phenolic OH excluding ortho intramolecular Hbond substituents is 2. The molecule has 0 amide bonds. The summed E-state index contributed by atoms with van der Waals surface area (Å²) in [6.45, 7) is 1.80. The number of rotatable bonds is 0. The summed E-state index contributed by atoms with van der Waals surface area (Å²) in [4.78, 5) is 24.7. The molecule has 1 heterocycles. The fraction of sp³-hybridized carbons (Fsp3) is 0.368. The molecule has 6 heteroatoms. The predicted molar refractivity (Wildman–Crippen MR) is 92.9 cm³/mol. The van der Waals surface area contributed by atoms with Gasteiger partial charge < -0.3 is 14.9 Å². The maximum Gasteiger partial charge on any atom is 0.342 e. The van der Waals surface area contributed by atoms with Crippen LogP contribution >= 0.6 is 11.6 Å². The van der Waals surface area contributed by atoms with Gasteiger partial charge in [0.25, 0.3) is 0 Å². The summed E-state index contributed by atoms with van der Waals surface area (Å²) in [6.07, 6.45) is 8.13. The Bertz CT molecular complexity index is 781. The van der Waals surface area contributed by atoms with Crippen LogP contribution in [-0.4, -0.2) is 28.1 Å². The summed E-state index contributed by atoms with van der Waals surface area (Å²) < 4.78 is 5.44. The molecule has 5 nitrogen and oxygen atoms in total. The van der Waals surface area contributed by atoms with Gasteiger partial charge in [-0.2, -0.15) is 0 Å². The van der Waals surface area contributed by atoms with Crippen molar-refractivity contribution in [2.75, 3.05) is 0 Å². The third-order valence-corrected chi connectivity index (χ3v) is 4.97. The SMILES string of the molecule is CC1CC2CC2C=CC=CC(=O)Cc2c(Cl)c(O)cc(O)c2C(=O)O1. The highest BCUT2D eigenvalue weighted by atomic mass is 35.5. The monoisotopic (exact) mass is 362 g/mol. The lowest BCUT2D eigenvalue weighted by atomic mass is 10.00. The zero-order valence-corrected chi connectivity index (χ0v) is 14.5. The summed E-state index contributed by atoms with van der Waals surface area (Å²) in [5, 5.41) is 19.8. The molecule has 0 bridgehead atoms. The summed E-state index contributed by atoms with van der Waals surface area (Å²) in [6, 6.07) is 0.982. The zero-order chi connectivity index (χ0) is 18.1. The lowest BCUT2D eigenvalue weighted by Gasteiger charge is -2.17. The van der Waals surface area contributed by atoms with Crippen LogP contribution in [0.4, 0.5) is 0 Å². The first-order valence-corrected chi connectivity index (χ1v) is 8.56. The van der Waals surface area contributed by atoms with E-state index in [9.17, 15) is 19.8 Å². The summed E-state index contributed by atoms with van der Waals surface area (Å²) in [7, 11) is 0. The van der Waals surface area contributed by atoms with Crippen LogP contribution in [0.25, 0.3) is 0 Å². The van der Waals surface area contributed by atoms with Crippen molar-refractivity contribution in [3.05, 3.63) is 46.5 Å². The van der Waals surface area contributed by atoms with Crippen LogP contribution in [0.1, 0.15) is 35.7 Å². The lowest BCUT2D eigenvalue weighted by Crippen LogP contribution is -2.18. The van der Waals surface area contributed by atoms with E-state index in [0.29, 0.717) is 11.8 Å². The van der Waals surface area contributed by atoms with E-state index >= 15 is 0 Å². The van der Waals surface area contributed by atoms with Gasteiger partial charge >= 0.3 is 5.97 Å². The number of hydrogen-bond donors (Lipinski definition) is 2. The molecule has 2 N–H and O–H groups in total. The van der Waals surface area contributed by atoms with E-state index in [4.69, 9.17) is 16.3 Å². The molecule has 1 fully saturated rings. The first-order valence-electron chi connectivity index (χ1n) is 8.18. The quantitative estimate of drug-likeness (QED) is 0.689. The number of halogens is 1. The Hall–Kier alpha value is -2.27. The maximum atomic E-state index is 12.5. The highest BCUT2D eigenvalue weighted by Gasteiger charge is 2.36. The van der Waals surface area contributed by atoms with Crippen molar-refractivity contribution in [2.24, 2.45) is 11.8 Å². The van der Waals surface area contributed by atoms with Crippen molar-refractivity contribution in [1.29, 1.82) is 0 Å². The largest absolute Gasteiger partial charge is 0.507 e. The summed E-state index contributed by atoms with van der Waals surface area (Å²) in [5.74, 6) is -1.01. The Morgan fingerprint density at radius 3 is 2.68 bits per heavy atom. The van der Waals surface area contributed by atoms with E-state index in [0.717, 1.165) is 18.9 Å². The topological polar surface area (TPSA) is 83.8 Å². The molecule has 3 atom stereocenters. The Morgan fingerprint density at radius 2 is 1.92 bits per heavy atom. The fourth-order valence-electron chi connectivity index (χ4n) is 3.17. The van der Waals surface area contributed by atoms with Gasteiger partial charge in [0, 0.05) is 18.1 Å². The number of allylic oxidation sites excluding steroid dienone is 4. The third-order valence-electron chi connectivity index (χ3n) is 4.55. The Balaban J connectivity index is 2.01. The van der Waals surface area contributed by atoms with E-state index in [1.807, 2.05) is 12.2 Å². The number of phenols is 2. The van der Waals surface area contributed by atoms with Crippen molar-refractivity contribution < 1.29 is 24.5 Å². The van der Waals surface area contributed by atoms with Crippen LogP contribution in [0.5, 0.6) is 11.5 Å². The van der Waals surface area contributed by atoms with E-state index in [1.165, 1.54) is 6.08 Å². The molecule has 0 radical (unpaired) electrons. The normalized spacial score (nSPS) is 26.4. The summed E-state index contributed by atoms with van der Waals surface area (Å²) >= 11 is 6.07. The number of carbonyl (C=O) groups excluding carboxylic acids is 2.